The molecule has 3 aromatic rings. The molecule has 1 heterocycles. The van der Waals surface area contributed by atoms with Crippen molar-refractivity contribution in [3.05, 3.63) is 95.1 Å². The number of fused-ring (bicyclic) bond motifs is 2. The third kappa shape index (κ3) is 3.44. The molecule has 1 saturated carbocycles. The number of carbonyl (C=O) groups excluding carboxylic acids is 1. The number of hydrogen-bond donors (Lipinski definition) is 0. The van der Waals surface area contributed by atoms with Gasteiger partial charge < -0.3 is 4.90 Å². The van der Waals surface area contributed by atoms with E-state index in [1.54, 1.807) is 24.3 Å². The van der Waals surface area contributed by atoms with Gasteiger partial charge in [-0.15, -0.1) is 0 Å². The molecule has 1 atom stereocenters. The quantitative estimate of drug-likeness (QED) is 0.555. The minimum absolute atomic E-state index is 0.0620. The van der Waals surface area contributed by atoms with Gasteiger partial charge in [0.25, 0.3) is 15.9 Å². The molecule has 0 radical (unpaired) electrons. The molecule has 2 aliphatic carbocycles. The predicted octanol–water partition coefficient (Wildman–Crippen LogP) is 4.73. The van der Waals surface area contributed by atoms with Gasteiger partial charge in [0.2, 0.25) is 0 Å². The predicted molar refractivity (Wildman–Crippen MR) is 128 cm³/mol. The van der Waals surface area contributed by atoms with Gasteiger partial charge in [0.1, 0.15) is 0 Å². The molecule has 0 spiro atoms. The lowest BCUT2D eigenvalue weighted by atomic mass is 10.1. The van der Waals surface area contributed by atoms with E-state index in [1.807, 2.05) is 35.2 Å². The second-order valence-electron chi connectivity index (χ2n) is 9.18. The van der Waals surface area contributed by atoms with Crippen molar-refractivity contribution in [2.24, 2.45) is 0 Å². The minimum atomic E-state index is -3.74. The average Bonchev–Trinajstić information content (AvgIpc) is 3.43. The first-order chi connectivity index (χ1) is 16.0. The minimum Gasteiger partial charge on any atom is -0.329 e. The number of rotatable bonds is 5. The maximum absolute atomic E-state index is 13.7. The summed E-state index contributed by atoms with van der Waals surface area (Å²) in [5.41, 5.74) is 4.75. The fourth-order valence-corrected chi connectivity index (χ4v) is 6.91. The maximum atomic E-state index is 13.7. The molecule has 0 saturated heterocycles. The summed E-state index contributed by atoms with van der Waals surface area (Å²) in [7, 11) is -3.74. The number of aryl methyl sites for hydroxylation is 1. The van der Waals surface area contributed by atoms with Crippen molar-refractivity contribution in [1.82, 2.24) is 4.90 Å². The van der Waals surface area contributed by atoms with Gasteiger partial charge in [0.05, 0.1) is 16.6 Å². The van der Waals surface area contributed by atoms with Crippen molar-refractivity contribution in [2.75, 3.05) is 10.8 Å². The summed E-state index contributed by atoms with van der Waals surface area (Å²) in [6, 6.07) is 22.9. The number of amides is 1. The van der Waals surface area contributed by atoms with Crippen LogP contribution < -0.4 is 4.31 Å². The molecule has 1 unspecified atom stereocenters. The van der Waals surface area contributed by atoms with Crippen LogP contribution in [0, 0.1) is 0 Å². The summed E-state index contributed by atoms with van der Waals surface area (Å²) < 4.78 is 28.5. The third-order valence-corrected chi connectivity index (χ3v) is 8.93. The Hall–Kier alpha value is -3.12. The van der Waals surface area contributed by atoms with Crippen molar-refractivity contribution < 1.29 is 13.2 Å². The molecule has 0 aromatic heterocycles. The molecular formula is C27H26N2O3S. The van der Waals surface area contributed by atoms with Crippen LogP contribution in [0.15, 0.2) is 77.7 Å². The van der Waals surface area contributed by atoms with Crippen LogP contribution in [0.25, 0.3) is 0 Å². The third-order valence-electron chi connectivity index (χ3n) is 7.13. The largest absolute Gasteiger partial charge is 0.329 e. The van der Waals surface area contributed by atoms with Gasteiger partial charge in [0.15, 0.2) is 0 Å². The number of nitrogens with zero attached hydrogens (tertiary/aromatic N) is 2. The summed E-state index contributed by atoms with van der Waals surface area (Å²) in [6.07, 6.45) is 4.61. The highest BCUT2D eigenvalue weighted by molar-refractivity contribution is 7.92. The molecule has 5 nitrogen and oxygen atoms in total. The van der Waals surface area contributed by atoms with Crippen LogP contribution in [-0.4, -0.2) is 31.8 Å². The van der Waals surface area contributed by atoms with E-state index in [-0.39, 0.29) is 22.9 Å². The second-order valence-corrected chi connectivity index (χ2v) is 11.0. The van der Waals surface area contributed by atoms with Crippen molar-refractivity contribution in [2.45, 2.75) is 49.1 Å². The first-order valence-corrected chi connectivity index (χ1v) is 13.1. The Labute approximate surface area is 194 Å². The molecular weight excluding hydrogens is 432 g/mol. The number of hydrogen-bond acceptors (Lipinski definition) is 3. The standard InChI is InChI=1S/C27H26N2O3S/c30-27(29(22-13-14-22)26-15-12-19-6-1-3-10-24(19)26)21-8-5-9-23(18-21)33(31,32)28-17-16-20-7-2-4-11-25(20)28/h1-11,18,22,26H,12-17H2. The summed E-state index contributed by atoms with van der Waals surface area (Å²) in [5, 5.41) is 0. The van der Waals surface area contributed by atoms with Crippen LogP contribution in [-0.2, 0) is 22.9 Å². The van der Waals surface area contributed by atoms with Gasteiger partial charge in [-0.25, -0.2) is 8.42 Å². The fourth-order valence-electron chi connectivity index (χ4n) is 5.36. The van der Waals surface area contributed by atoms with E-state index in [2.05, 4.69) is 18.2 Å². The highest BCUT2D eigenvalue weighted by Gasteiger charge is 2.41. The van der Waals surface area contributed by atoms with E-state index in [0.717, 1.165) is 36.9 Å². The summed E-state index contributed by atoms with van der Waals surface area (Å²) >= 11 is 0. The molecule has 33 heavy (non-hydrogen) atoms. The molecule has 0 bridgehead atoms. The van der Waals surface area contributed by atoms with Crippen LogP contribution in [0.3, 0.4) is 0 Å². The Morgan fingerprint density at radius 2 is 1.61 bits per heavy atom. The maximum Gasteiger partial charge on any atom is 0.264 e. The molecule has 1 fully saturated rings. The topological polar surface area (TPSA) is 57.7 Å². The molecule has 168 valence electrons. The molecule has 6 rings (SSSR count). The Morgan fingerprint density at radius 1 is 0.848 bits per heavy atom. The average molecular weight is 459 g/mol. The molecule has 0 N–H and O–H groups in total. The van der Waals surface area contributed by atoms with Gasteiger partial charge in [0, 0.05) is 18.2 Å². The Balaban J connectivity index is 1.33. The summed E-state index contributed by atoms with van der Waals surface area (Å²) in [6.45, 7) is 0.424. The van der Waals surface area contributed by atoms with Crippen molar-refractivity contribution >= 4 is 21.6 Å². The zero-order valence-corrected chi connectivity index (χ0v) is 19.2. The van der Waals surface area contributed by atoms with Crippen LogP contribution in [0.2, 0.25) is 0 Å². The van der Waals surface area contributed by atoms with E-state index in [4.69, 9.17) is 0 Å². The van der Waals surface area contributed by atoms with E-state index < -0.39 is 10.0 Å². The van der Waals surface area contributed by atoms with Gasteiger partial charge in [-0.05, 0) is 73.1 Å². The van der Waals surface area contributed by atoms with Gasteiger partial charge in [-0.3, -0.25) is 9.10 Å². The Kier molecular flexibility index (Phi) is 4.80. The van der Waals surface area contributed by atoms with Gasteiger partial charge in [-0.1, -0.05) is 48.5 Å². The smallest absolute Gasteiger partial charge is 0.264 e. The van der Waals surface area contributed by atoms with Crippen LogP contribution in [0.4, 0.5) is 5.69 Å². The summed E-state index contributed by atoms with van der Waals surface area (Å²) in [5.74, 6) is -0.0712. The van der Waals surface area contributed by atoms with Gasteiger partial charge >= 0.3 is 0 Å². The molecule has 3 aliphatic rings. The zero-order valence-electron chi connectivity index (χ0n) is 18.4. The van der Waals surface area contributed by atoms with Crippen molar-refractivity contribution in [3.8, 4) is 0 Å². The van der Waals surface area contributed by atoms with E-state index in [9.17, 15) is 13.2 Å². The second kappa shape index (κ2) is 7.73. The molecule has 6 heteroatoms. The van der Waals surface area contributed by atoms with Crippen LogP contribution in [0.5, 0.6) is 0 Å². The number of para-hydroxylation sites is 1. The summed E-state index contributed by atoms with van der Waals surface area (Å²) in [4.78, 5) is 15.9. The molecule has 3 aromatic carbocycles. The Bertz CT molecular complexity index is 1350. The van der Waals surface area contributed by atoms with E-state index >= 15 is 0 Å². The normalized spacial score (nSPS) is 19.3. The highest BCUT2D eigenvalue weighted by Crippen LogP contribution is 2.42. The number of sulfonamides is 1. The number of anilines is 1. The van der Waals surface area contributed by atoms with Crippen molar-refractivity contribution in [1.29, 1.82) is 0 Å². The van der Waals surface area contributed by atoms with Gasteiger partial charge in [-0.2, -0.15) is 0 Å². The lowest BCUT2D eigenvalue weighted by Crippen LogP contribution is -2.36. The fraction of sp³-hybridized carbons (Fsp3) is 0.296. The monoisotopic (exact) mass is 458 g/mol. The first-order valence-electron chi connectivity index (χ1n) is 11.7. The number of benzene rings is 3. The SMILES string of the molecule is O=C(c1cccc(S(=O)(=O)N2CCc3ccccc32)c1)N(C1CC1)C1CCc2ccccc21. The lowest BCUT2D eigenvalue weighted by molar-refractivity contribution is 0.0658. The van der Waals surface area contributed by atoms with E-state index in [1.165, 1.54) is 15.4 Å². The molecule has 1 aliphatic heterocycles. The Morgan fingerprint density at radius 3 is 2.42 bits per heavy atom. The first kappa shape index (κ1) is 20.5. The zero-order chi connectivity index (χ0) is 22.6. The number of carbonyl (C=O) groups is 1. The van der Waals surface area contributed by atoms with Crippen LogP contribution >= 0.6 is 0 Å². The van der Waals surface area contributed by atoms with E-state index in [0.29, 0.717) is 18.5 Å². The lowest BCUT2D eigenvalue weighted by Gasteiger charge is -2.30. The molecule has 1 amide bonds. The highest BCUT2D eigenvalue weighted by atomic mass is 32.2. The van der Waals surface area contributed by atoms with Crippen LogP contribution in [0.1, 0.15) is 52.4 Å². The van der Waals surface area contributed by atoms with Crippen molar-refractivity contribution in [3.63, 3.8) is 0 Å².